The van der Waals surface area contributed by atoms with E-state index in [2.05, 4.69) is 99.9 Å². The van der Waals surface area contributed by atoms with E-state index in [1.54, 1.807) is 0 Å². The van der Waals surface area contributed by atoms with Crippen molar-refractivity contribution in [3.05, 3.63) is 34.4 Å². The van der Waals surface area contributed by atoms with E-state index in [-0.39, 0.29) is 0 Å². The maximum atomic E-state index is 3.66. The fourth-order valence-corrected chi connectivity index (χ4v) is 11.8. The summed E-state index contributed by atoms with van der Waals surface area (Å²) in [4.78, 5) is 0. The zero-order valence-electron chi connectivity index (χ0n) is 15.9. The van der Waals surface area contributed by atoms with Crippen LogP contribution in [0, 0.1) is 0 Å². The summed E-state index contributed by atoms with van der Waals surface area (Å²) in [6.45, 7) is 19.2. The van der Waals surface area contributed by atoms with Crippen LogP contribution in [0.25, 0.3) is 10.9 Å². The van der Waals surface area contributed by atoms with Gasteiger partial charge in [0.1, 0.15) is 0 Å². The molecule has 0 unspecified atom stereocenters. The van der Waals surface area contributed by atoms with E-state index in [0.717, 1.165) is 0 Å². The summed E-state index contributed by atoms with van der Waals surface area (Å²) in [5.74, 6) is 0.547. The molecule has 0 aliphatic rings. The number of nitrogens with zero attached hydrogens (tertiary/aromatic N) is 1. The molecule has 23 heavy (non-hydrogen) atoms. The van der Waals surface area contributed by atoms with Crippen molar-refractivity contribution >= 4 is 35.1 Å². The summed E-state index contributed by atoms with van der Waals surface area (Å²) in [6, 6.07) is 6.82. The van der Waals surface area contributed by atoms with Gasteiger partial charge >= 0.3 is 0 Å². The van der Waals surface area contributed by atoms with Gasteiger partial charge in [-0.25, -0.2) is 0 Å². The van der Waals surface area contributed by atoms with E-state index in [1.807, 2.05) is 0 Å². The van der Waals surface area contributed by atoms with Crippen LogP contribution in [0.3, 0.4) is 0 Å². The summed E-state index contributed by atoms with van der Waals surface area (Å²) in [6.07, 6.45) is 2.49. The molecule has 0 bridgehead atoms. The van der Waals surface area contributed by atoms with Gasteiger partial charge in [-0.1, -0.05) is 71.3 Å². The third-order valence-corrected chi connectivity index (χ3v) is 12.9. The molecule has 0 atom stereocenters. The Bertz CT molecular complexity index is 660. The molecule has 0 fully saturated rings. The molecule has 0 amide bonds. The first kappa shape index (κ1) is 18.8. The molecule has 0 aliphatic heterocycles. The highest BCUT2D eigenvalue weighted by molar-refractivity contribution is 9.10. The second kappa shape index (κ2) is 6.76. The molecule has 128 valence electrons. The molecule has 0 aliphatic carbocycles. The third-order valence-electron chi connectivity index (χ3n) is 5.61. The van der Waals surface area contributed by atoms with Crippen LogP contribution in [0.5, 0.6) is 0 Å². The van der Waals surface area contributed by atoms with Gasteiger partial charge in [0.05, 0.1) is 0 Å². The van der Waals surface area contributed by atoms with Gasteiger partial charge in [0.2, 0.25) is 0 Å². The number of aromatic nitrogens is 1. The minimum atomic E-state index is -1.71. The highest BCUT2D eigenvalue weighted by Gasteiger charge is 2.46. The summed E-state index contributed by atoms with van der Waals surface area (Å²) in [7, 11) is -1.71. The summed E-state index contributed by atoms with van der Waals surface area (Å²) >= 11 is 3.66. The number of hydrogen-bond acceptors (Lipinski definition) is 0. The first-order chi connectivity index (χ1) is 10.6. The van der Waals surface area contributed by atoms with Crippen molar-refractivity contribution in [3.63, 3.8) is 0 Å². The number of halogens is 1. The second-order valence-corrected chi connectivity index (χ2v) is 14.8. The van der Waals surface area contributed by atoms with Gasteiger partial charge in [-0.05, 0) is 52.5 Å². The zero-order chi connectivity index (χ0) is 17.5. The van der Waals surface area contributed by atoms with E-state index in [4.69, 9.17) is 0 Å². The lowest BCUT2D eigenvalue weighted by Gasteiger charge is -2.44. The Morgan fingerprint density at radius 3 is 1.83 bits per heavy atom. The summed E-state index contributed by atoms with van der Waals surface area (Å²) in [5, 5.41) is 1.42. The van der Waals surface area contributed by atoms with Crippen molar-refractivity contribution in [1.82, 2.24) is 4.23 Å². The smallest absolute Gasteiger partial charge is 0.169 e. The molecule has 1 heterocycles. The van der Waals surface area contributed by atoms with E-state index in [1.165, 1.54) is 20.9 Å². The van der Waals surface area contributed by atoms with E-state index >= 15 is 0 Å². The Morgan fingerprint density at radius 2 is 1.39 bits per heavy atom. The Kier molecular flexibility index (Phi) is 5.52. The fourth-order valence-electron chi connectivity index (χ4n) is 4.84. The molecule has 0 N–H and O–H groups in total. The Hall–Kier alpha value is -0.543. The average Bonchev–Trinajstić information content (AvgIpc) is 2.77. The first-order valence-corrected chi connectivity index (χ1v) is 11.9. The number of hydrogen-bond donors (Lipinski definition) is 0. The fraction of sp³-hybridized carbons (Fsp3) is 0.600. The molecular weight excluding hydrogens is 362 g/mol. The number of benzene rings is 1. The van der Waals surface area contributed by atoms with Gasteiger partial charge in [0, 0.05) is 15.4 Å². The van der Waals surface area contributed by atoms with Gasteiger partial charge < -0.3 is 4.23 Å². The largest absolute Gasteiger partial charge is 0.373 e. The van der Waals surface area contributed by atoms with Crippen molar-refractivity contribution in [2.45, 2.75) is 77.9 Å². The van der Waals surface area contributed by atoms with Crippen molar-refractivity contribution < 1.29 is 0 Å². The van der Waals surface area contributed by atoms with Crippen molar-refractivity contribution in [1.29, 1.82) is 0 Å². The molecule has 3 heteroatoms. The highest BCUT2D eigenvalue weighted by Crippen LogP contribution is 2.45. The van der Waals surface area contributed by atoms with Crippen LogP contribution >= 0.6 is 15.9 Å². The van der Waals surface area contributed by atoms with Crippen LogP contribution in [0.2, 0.25) is 16.6 Å². The van der Waals surface area contributed by atoms with Crippen molar-refractivity contribution in [2.75, 3.05) is 0 Å². The molecule has 0 saturated heterocycles. The van der Waals surface area contributed by atoms with Gasteiger partial charge in [0.25, 0.3) is 0 Å². The van der Waals surface area contributed by atoms with E-state index < -0.39 is 8.24 Å². The maximum Gasteiger partial charge on any atom is 0.169 e. The van der Waals surface area contributed by atoms with Gasteiger partial charge in [-0.15, -0.1) is 0 Å². The van der Waals surface area contributed by atoms with Crippen molar-refractivity contribution in [2.24, 2.45) is 0 Å². The molecular formula is C20H32BrNSi. The van der Waals surface area contributed by atoms with Crippen LogP contribution < -0.4 is 0 Å². The zero-order valence-corrected chi connectivity index (χ0v) is 18.5. The number of rotatable bonds is 5. The standard InChI is InChI=1S/C20H32BrNSi/c1-13(2)19-12-22(20-10-9-17(21)11-18(19)20)23(14(3)4,15(5)6)16(7)8/h9-16H,1-8H3. The lowest BCUT2D eigenvalue weighted by Crippen LogP contribution is -2.51. The molecule has 0 spiro atoms. The number of fused-ring (bicyclic) bond motifs is 1. The predicted molar refractivity (Wildman–Crippen MR) is 110 cm³/mol. The lowest BCUT2D eigenvalue weighted by molar-refractivity contribution is 0.769. The lowest BCUT2D eigenvalue weighted by atomic mass is 10.0. The molecule has 0 saturated carbocycles. The molecule has 1 aromatic heterocycles. The Labute approximate surface area is 151 Å². The van der Waals surface area contributed by atoms with Gasteiger partial charge in [-0.3, -0.25) is 0 Å². The molecule has 2 aromatic rings. The van der Waals surface area contributed by atoms with Crippen LogP contribution in [0.4, 0.5) is 0 Å². The highest BCUT2D eigenvalue weighted by atomic mass is 79.9. The second-order valence-electron chi connectivity index (χ2n) is 8.12. The normalized spacial score (nSPS) is 13.3. The topological polar surface area (TPSA) is 4.93 Å². The van der Waals surface area contributed by atoms with Crippen LogP contribution in [-0.2, 0) is 0 Å². The summed E-state index contributed by atoms with van der Waals surface area (Å²) < 4.78 is 3.92. The monoisotopic (exact) mass is 393 g/mol. The van der Waals surface area contributed by atoms with Crippen LogP contribution in [0.15, 0.2) is 28.9 Å². The predicted octanol–water partition coefficient (Wildman–Crippen LogP) is 7.55. The third kappa shape index (κ3) is 2.95. The SMILES string of the molecule is CC(C)c1cn([Si](C(C)C)(C(C)C)C(C)C)c2ccc(Br)cc12. The van der Waals surface area contributed by atoms with Crippen molar-refractivity contribution in [3.8, 4) is 0 Å². The molecule has 0 radical (unpaired) electrons. The quantitative estimate of drug-likeness (QED) is 0.461. The minimum Gasteiger partial charge on any atom is -0.373 e. The molecule has 1 aromatic carbocycles. The Balaban J connectivity index is 2.89. The van der Waals surface area contributed by atoms with E-state index in [0.29, 0.717) is 22.5 Å². The van der Waals surface area contributed by atoms with Gasteiger partial charge in [-0.2, -0.15) is 0 Å². The summed E-state index contributed by atoms with van der Waals surface area (Å²) in [5.41, 5.74) is 5.05. The van der Waals surface area contributed by atoms with Crippen LogP contribution in [0.1, 0.15) is 66.9 Å². The minimum absolute atomic E-state index is 0.547. The first-order valence-electron chi connectivity index (χ1n) is 8.94. The van der Waals surface area contributed by atoms with Gasteiger partial charge in [0.15, 0.2) is 8.24 Å². The molecule has 2 rings (SSSR count). The molecule has 1 nitrogen and oxygen atoms in total. The van der Waals surface area contributed by atoms with Crippen LogP contribution in [-0.4, -0.2) is 12.5 Å². The Morgan fingerprint density at radius 1 is 0.870 bits per heavy atom. The van der Waals surface area contributed by atoms with E-state index in [9.17, 15) is 0 Å². The average molecular weight is 394 g/mol. The maximum absolute atomic E-state index is 3.66.